The summed E-state index contributed by atoms with van der Waals surface area (Å²) in [7, 11) is 1.50. The summed E-state index contributed by atoms with van der Waals surface area (Å²) < 4.78 is 11.4. The largest absolute Gasteiger partial charge is 0.378 e. The maximum atomic E-state index is 12.5. The molecule has 1 saturated heterocycles. The van der Waals surface area contributed by atoms with Crippen LogP contribution in [-0.2, 0) is 11.8 Å². The quantitative estimate of drug-likeness (QED) is 0.522. The van der Waals surface area contributed by atoms with Crippen molar-refractivity contribution in [3.63, 3.8) is 0 Å². The van der Waals surface area contributed by atoms with Gasteiger partial charge in [-0.2, -0.15) is 5.10 Å². The van der Waals surface area contributed by atoms with Crippen LogP contribution in [0.3, 0.4) is 0 Å². The Kier molecular flexibility index (Phi) is 4.16. The molecule has 12 heteroatoms. The second-order valence-corrected chi connectivity index (χ2v) is 5.94. The van der Waals surface area contributed by atoms with Crippen LogP contribution in [0, 0.1) is 10.1 Å². The zero-order chi connectivity index (χ0) is 19.0. The lowest BCUT2D eigenvalue weighted by Crippen LogP contribution is -2.36. The van der Waals surface area contributed by atoms with E-state index in [2.05, 4.69) is 25.6 Å². The molecule has 0 aliphatic carbocycles. The molecule has 27 heavy (non-hydrogen) atoms. The Morgan fingerprint density at radius 1 is 1.26 bits per heavy atom. The van der Waals surface area contributed by atoms with Crippen molar-refractivity contribution in [1.82, 2.24) is 20.1 Å². The van der Waals surface area contributed by atoms with Gasteiger partial charge in [0.25, 0.3) is 5.91 Å². The number of amides is 1. The first kappa shape index (κ1) is 16.9. The number of carbonyl (C=O) groups excluding carboxylic acids is 1. The number of fused-ring (bicyclic) bond motifs is 1. The molecule has 3 aromatic rings. The lowest BCUT2D eigenvalue weighted by Gasteiger charge is -2.28. The molecule has 1 fully saturated rings. The molecule has 0 atom stereocenters. The minimum Gasteiger partial charge on any atom is -0.378 e. The predicted octanol–water partition coefficient (Wildman–Crippen LogP) is 0.953. The lowest BCUT2D eigenvalue weighted by atomic mass is 10.2. The number of aromatic nitrogens is 4. The second kappa shape index (κ2) is 6.64. The highest BCUT2D eigenvalue weighted by Gasteiger charge is 2.26. The summed E-state index contributed by atoms with van der Waals surface area (Å²) >= 11 is 0. The van der Waals surface area contributed by atoms with Gasteiger partial charge in [0.05, 0.1) is 29.5 Å². The molecule has 0 bridgehead atoms. The van der Waals surface area contributed by atoms with E-state index < -0.39 is 10.8 Å². The van der Waals surface area contributed by atoms with E-state index in [-0.39, 0.29) is 11.4 Å². The highest BCUT2D eigenvalue weighted by molar-refractivity contribution is 6.10. The fourth-order valence-electron chi connectivity index (χ4n) is 2.97. The van der Waals surface area contributed by atoms with Crippen molar-refractivity contribution in [2.45, 2.75) is 0 Å². The molecule has 1 aliphatic heterocycles. The van der Waals surface area contributed by atoms with Gasteiger partial charge in [0.2, 0.25) is 5.69 Å². The van der Waals surface area contributed by atoms with Crippen molar-refractivity contribution in [3.8, 4) is 0 Å². The fourth-order valence-corrected chi connectivity index (χ4v) is 2.97. The Morgan fingerprint density at radius 2 is 2.00 bits per heavy atom. The van der Waals surface area contributed by atoms with Gasteiger partial charge in [-0.3, -0.25) is 19.6 Å². The third-order valence-electron chi connectivity index (χ3n) is 4.22. The van der Waals surface area contributed by atoms with Crippen LogP contribution in [0.15, 0.2) is 23.0 Å². The van der Waals surface area contributed by atoms with Gasteiger partial charge < -0.3 is 15.0 Å². The van der Waals surface area contributed by atoms with Crippen molar-refractivity contribution >= 4 is 34.0 Å². The van der Waals surface area contributed by atoms with Gasteiger partial charge in [0.1, 0.15) is 6.20 Å². The van der Waals surface area contributed by atoms with E-state index in [4.69, 9.17) is 9.37 Å². The average molecular weight is 373 g/mol. The summed E-state index contributed by atoms with van der Waals surface area (Å²) in [5.74, 6) is -0.717. The van der Waals surface area contributed by atoms with Crippen LogP contribution < -0.4 is 10.2 Å². The summed E-state index contributed by atoms with van der Waals surface area (Å²) in [6.07, 6.45) is 1.17. The Morgan fingerprint density at radius 3 is 2.74 bits per heavy atom. The molecule has 0 saturated carbocycles. The summed E-state index contributed by atoms with van der Waals surface area (Å²) in [6.45, 7) is 2.62. The van der Waals surface area contributed by atoms with Crippen molar-refractivity contribution in [2.75, 3.05) is 36.5 Å². The van der Waals surface area contributed by atoms with Gasteiger partial charge in [0.15, 0.2) is 11.0 Å². The molecule has 1 aliphatic rings. The molecule has 1 amide bonds. The number of aryl methyl sites for hydroxylation is 1. The zero-order valence-electron chi connectivity index (χ0n) is 14.3. The lowest BCUT2D eigenvalue weighted by molar-refractivity contribution is -0.385. The van der Waals surface area contributed by atoms with Crippen LogP contribution in [0.1, 0.15) is 10.5 Å². The van der Waals surface area contributed by atoms with E-state index in [1.807, 2.05) is 0 Å². The van der Waals surface area contributed by atoms with Crippen LogP contribution in [0.2, 0.25) is 0 Å². The normalized spacial score (nSPS) is 14.5. The highest BCUT2D eigenvalue weighted by Crippen LogP contribution is 2.31. The number of nitrogens with one attached hydrogen (secondary N) is 1. The molecule has 2 aromatic heterocycles. The summed E-state index contributed by atoms with van der Waals surface area (Å²) in [5, 5.41) is 25.4. The monoisotopic (exact) mass is 373 g/mol. The Hall–Kier alpha value is -3.54. The first-order chi connectivity index (χ1) is 13.0. The maximum Gasteiger partial charge on any atom is 0.320 e. The number of hydrogen-bond donors (Lipinski definition) is 1. The third-order valence-corrected chi connectivity index (χ3v) is 4.22. The van der Waals surface area contributed by atoms with E-state index in [0.29, 0.717) is 43.0 Å². The number of benzene rings is 1. The Bertz CT molecular complexity index is 1020. The molecule has 1 aromatic carbocycles. The minimum atomic E-state index is -0.717. The summed E-state index contributed by atoms with van der Waals surface area (Å²) in [4.78, 5) is 25.0. The van der Waals surface area contributed by atoms with E-state index in [0.717, 1.165) is 5.69 Å². The Balaban J connectivity index is 1.66. The smallest absolute Gasteiger partial charge is 0.320 e. The summed E-state index contributed by atoms with van der Waals surface area (Å²) in [6, 6.07) is 3.45. The van der Waals surface area contributed by atoms with Crippen LogP contribution in [0.4, 0.5) is 17.1 Å². The first-order valence-electron chi connectivity index (χ1n) is 8.12. The van der Waals surface area contributed by atoms with Crippen LogP contribution in [0.5, 0.6) is 0 Å². The van der Waals surface area contributed by atoms with E-state index in [1.54, 1.807) is 12.1 Å². The number of ether oxygens (including phenoxy) is 1. The number of hydrogen-bond acceptors (Lipinski definition) is 9. The SMILES string of the molecule is Cn1cc([N+](=O)[O-])c(C(=O)Nc2ccc(N3CCOCC3)c3nonc23)n1. The van der Waals surface area contributed by atoms with Crippen LogP contribution in [-0.4, -0.2) is 57.2 Å². The van der Waals surface area contributed by atoms with Crippen molar-refractivity contribution < 1.29 is 19.1 Å². The van der Waals surface area contributed by atoms with Gasteiger partial charge in [0, 0.05) is 20.1 Å². The average Bonchev–Trinajstić information content (AvgIpc) is 3.30. The maximum absolute atomic E-state index is 12.5. The number of rotatable bonds is 4. The standard InChI is InChI=1S/C15H15N7O5/c1-20-8-11(22(24)25)14(17-20)15(23)16-9-2-3-10(13-12(9)18-27-19-13)21-4-6-26-7-5-21/h2-3,8H,4-7H2,1H3,(H,16,23). The number of anilines is 2. The molecule has 140 valence electrons. The first-order valence-corrected chi connectivity index (χ1v) is 8.12. The topological polar surface area (TPSA) is 141 Å². The van der Waals surface area contributed by atoms with Gasteiger partial charge in [-0.1, -0.05) is 0 Å². The van der Waals surface area contributed by atoms with Crippen molar-refractivity contribution in [3.05, 3.63) is 34.1 Å². The number of morpholine rings is 1. The number of carbonyl (C=O) groups is 1. The van der Waals surface area contributed by atoms with Gasteiger partial charge in [-0.15, -0.1) is 0 Å². The zero-order valence-corrected chi connectivity index (χ0v) is 14.3. The molecular weight excluding hydrogens is 358 g/mol. The van der Waals surface area contributed by atoms with Gasteiger partial charge >= 0.3 is 5.69 Å². The second-order valence-electron chi connectivity index (χ2n) is 5.94. The van der Waals surface area contributed by atoms with E-state index in [9.17, 15) is 14.9 Å². The predicted molar refractivity (Wildman–Crippen MR) is 92.7 cm³/mol. The van der Waals surface area contributed by atoms with Gasteiger partial charge in [-0.25, -0.2) is 4.63 Å². The molecule has 0 spiro atoms. The Labute approximate surface area is 151 Å². The molecule has 1 N–H and O–H groups in total. The van der Waals surface area contributed by atoms with E-state index in [1.165, 1.54) is 17.9 Å². The van der Waals surface area contributed by atoms with Crippen LogP contribution >= 0.6 is 0 Å². The molecule has 12 nitrogen and oxygen atoms in total. The fraction of sp³-hybridized carbons (Fsp3) is 0.333. The molecule has 3 heterocycles. The third kappa shape index (κ3) is 3.06. The highest BCUT2D eigenvalue weighted by atomic mass is 16.6. The molecule has 4 rings (SSSR count). The molecule has 0 radical (unpaired) electrons. The molecule has 0 unspecified atom stereocenters. The minimum absolute atomic E-state index is 0.288. The number of nitro groups is 1. The van der Waals surface area contributed by atoms with Crippen molar-refractivity contribution in [1.29, 1.82) is 0 Å². The van der Waals surface area contributed by atoms with Crippen LogP contribution in [0.25, 0.3) is 11.0 Å². The van der Waals surface area contributed by atoms with Crippen molar-refractivity contribution in [2.24, 2.45) is 7.05 Å². The van der Waals surface area contributed by atoms with Gasteiger partial charge in [-0.05, 0) is 22.4 Å². The van der Waals surface area contributed by atoms with E-state index >= 15 is 0 Å². The molecular formula is C15H15N7O5. The summed E-state index contributed by atoms with van der Waals surface area (Å²) in [5.41, 5.74) is 1.32. The number of nitrogens with zero attached hydrogens (tertiary/aromatic N) is 6.